The summed E-state index contributed by atoms with van der Waals surface area (Å²) in [7, 11) is 0. The lowest BCUT2D eigenvalue weighted by Gasteiger charge is -2.29. The van der Waals surface area contributed by atoms with Crippen molar-refractivity contribution in [2.24, 2.45) is 11.3 Å². The molecule has 0 heterocycles. The highest BCUT2D eigenvalue weighted by molar-refractivity contribution is 5.85. The third-order valence-corrected chi connectivity index (χ3v) is 3.62. The van der Waals surface area contributed by atoms with Crippen molar-refractivity contribution in [3.63, 3.8) is 0 Å². The Bertz CT molecular complexity index is 344. The Balaban J connectivity index is 2.32. The first kappa shape index (κ1) is 16.9. The summed E-state index contributed by atoms with van der Waals surface area (Å²) in [6, 6.07) is 2.17. The maximum absolute atomic E-state index is 12.2. The first-order chi connectivity index (χ1) is 9.50. The fourth-order valence-corrected chi connectivity index (χ4v) is 2.42. The Morgan fingerprint density at radius 3 is 2.55 bits per heavy atom. The van der Waals surface area contributed by atoms with E-state index in [4.69, 9.17) is 4.74 Å². The zero-order chi connectivity index (χ0) is 15.0. The third kappa shape index (κ3) is 5.10. The number of nitriles is 1. The van der Waals surface area contributed by atoms with Crippen LogP contribution < -0.4 is 5.32 Å². The number of aliphatic hydroxyl groups excluding tert-OH is 1. The highest BCUT2D eigenvalue weighted by Crippen LogP contribution is 2.35. The van der Waals surface area contributed by atoms with Gasteiger partial charge in [0.15, 0.2) is 0 Å². The number of hydrogen-bond donors (Lipinski definition) is 2. The van der Waals surface area contributed by atoms with E-state index in [0.717, 1.165) is 19.3 Å². The highest BCUT2D eigenvalue weighted by Gasteiger charge is 2.39. The molecule has 1 aliphatic carbocycles. The normalized spacial score (nSPS) is 19.4. The van der Waals surface area contributed by atoms with E-state index >= 15 is 0 Å². The van der Waals surface area contributed by atoms with Gasteiger partial charge in [-0.15, -0.1) is 0 Å². The van der Waals surface area contributed by atoms with Crippen molar-refractivity contribution in [2.75, 3.05) is 19.8 Å². The van der Waals surface area contributed by atoms with Crippen molar-refractivity contribution < 1.29 is 14.6 Å². The Kier molecular flexibility index (Phi) is 6.97. The summed E-state index contributed by atoms with van der Waals surface area (Å²) >= 11 is 0. The number of hydrogen-bond acceptors (Lipinski definition) is 4. The second-order valence-corrected chi connectivity index (χ2v) is 6.05. The van der Waals surface area contributed by atoms with Crippen LogP contribution in [0.5, 0.6) is 0 Å². The zero-order valence-corrected chi connectivity index (χ0v) is 12.5. The Morgan fingerprint density at radius 1 is 1.35 bits per heavy atom. The van der Waals surface area contributed by atoms with Crippen LogP contribution in [0.15, 0.2) is 0 Å². The molecule has 1 aliphatic rings. The van der Waals surface area contributed by atoms with Crippen LogP contribution in [0.4, 0.5) is 0 Å². The fourth-order valence-electron chi connectivity index (χ4n) is 2.42. The van der Waals surface area contributed by atoms with E-state index in [1.165, 1.54) is 0 Å². The molecular formula is C15H26N2O3. The monoisotopic (exact) mass is 282 g/mol. The first-order valence-electron chi connectivity index (χ1n) is 7.45. The summed E-state index contributed by atoms with van der Waals surface area (Å²) in [4.78, 5) is 12.2. The summed E-state index contributed by atoms with van der Waals surface area (Å²) in [5.74, 6) is 0.170. The average molecular weight is 282 g/mol. The number of nitrogens with one attached hydrogen (secondary N) is 1. The molecule has 1 rings (SSSR count). The molecule has 5 nitrogen and oxygen atoms in total. The molecule has 0 aromatic heterocycles. The second-order valence-electron chi connectivity index (χ2n) is 6.05. The molecule has 1 amide bonds. The zero-order valence-electron chi connectivity index (χ0n) is 12.5. The Hall–Kier alpha value is -1.12. The summed E-state index contributed by atoms with van der Waals surface area (Å²) in [5, 5.41) is 21.7. The molecule has 1 saturated carbocycles. The third-order valence-electron chi connectivity index (χ3n) is 3.62. The average Bonchev–Trinajstić information content (AvgIpc) is 2.45. The smallest absolute Gasteiger partial charge is 0.240 e. The Morgan fingerprint density at radius 2 is 2.00 bits per heavy atom. The number of ether oxygens (including phenoxy) is 1. The van der Waals surface area contributed by atoms with Gasteiger partial charge in [0.1, 0.15) is 5.41 Å². The minimum Gasteiger partial charge on any atom is -0.389 e. The molecule has 5 heteroatoms. The van der Waals surface area contributed by atoms with Gasteiger partial charge in [-0.2, -0.15) is 5.26 Å². The summed E-state index contributed by atoms with van der Waals surface area (Å²) in [6.45, 7) is 5.01. The molecule has 0 radical (unpaired) electrons. The van der Waals surface area contributed by atoms with Gasteiger partial charge in [-0.25, -0.2) is 0 Å². The number of amides is 1. The maximum atomic E-state index is 12.2. The van der Waals surface area contributed by atoms with E-state index in [-0.39, 0.29) is 19.1 Å². The van der Waals surface area contributed by atoms with Gasteiger partial charge in [-0.3, -0.25) is 4.79 Å². The largest absolute Gasteiger partial charge is 0.389 e. The fraction of sp³-hybridized carbons (Fsp3) is 0.867. The van der Waals surface area contributed by atoms with Crippen molar-refractivity contribution >= 4 is 5.91 Å². The van der Waals surface area contributed by atoms with Crippen molar-refractivity contribution in [2.45, 2.75) is 52.1 Å². The van der Waals surface area contributed by atoms with Crippen LogP contribution in [0.2, 0.25) is 0 Å². The number of nitrogens with zero attached hydrogens (tertiary/aromatic N) is 1. The summed E-state index contributed by atoms with van der Waals surface area (Å²) < 4.78 is 5.32. The van der Waals surface area contributed by atoms with Crippen LogP contribution in [-0.2, 0) is 9.53 Å². The van der Waals surface area contributed by atoms with E-state index in [1.54, 1.807) is 0 Å². The molecule has 114 valence electrons. The van der Waals surface area contributed by atoms with Crippen LogP contribution in [0.3, 0.4) is 0 Å². The van der Waals surface area contributed by atoms with E-state index in [9.17, 15) is 15.2 Å². The summed E-state index contributed by atoms with van der Waals surface area (Å²) in [5.41, 5.74) is -0.892. The van der Waals surface area contributed by atoms with Gasteiger partial charge in [0.05, 0.1) is 18.8 Å². The standard InChI is InChI=1S/C15H26N2O3/c1-12(2)9-20-10-13(18)8-17-14(19)15(11-16)6-4-3-5-7-15/h12-13,18H,3-10H2,1-2H3,(H,17,19). The second kappa shape index (κ2) is 8.23. The molecule has 0 aliphatic heterocycles. The van der Waals surface area contributed by atoms with Crippen LogP contribution in [-0.4, -0.2) is 36.9 Å². The first-order valence-corrected chi connectivity index (χ1v) is 7.45. The van der Waals surface area contributed by atoms with Gasteiger partial charge >= 0.3 is 0 Å². The molecule has 0 aromatic rings. The highest BCUT2D eigenvalue weighted by atomic mass is 16.5. The Labute approximate surface area is 121 Å². The molecule has 20 heavy (non-hydrogen) atoms. The van der Waals surface area contributed by atoms with Crippen molar-refractivity contribution in [1.82, 2.24) is 5.32 Å². The van der Waals surface area contributed by atoms with E-state index in [1.807, 2.05) is 13.8 Å². The molecule has 0 bridgehead atoms. The SMILES string of the molecule is CC(C)COCC(O)CNC(=O)C1(C#N)CCCCC1. The number of aliphatic hydroxyl groups is 1. The number of carbonyl (C=O) groups is 1. The lowest BCUT2D eigenvalue weighted by atomic mass is 9.74. The molecular weight excluding hydrogens is 256 g/mol. The van der Waals surface area contributed by atoms with Gasteiger partial charge in [0.2, 0.25) is 5.91 Å². The van der Waals surface area contributed by atoms with Gasteiger partial charge in [0.25, 0.3) is 0 Å². The van der Waals surface area contributed by atoms with Crippen molar-refractivity contribution in [3.05, 3.63) is 0 Å². The van der Waals surface area contributed by atoms with Crippen LogP contribution in [0.1, 0.15) is 46.0 Å². The molecule has 0 saturated heterocycles. The van der Waals surface area contributed by atoms with Gasteiger partial charge in [-0.05, 0) is 18.8 Å². The number of rotatable bonds is 7. The molecule has 1 atom stereocenters. The molecule has 1 unspecified atom stereocenters. The van der Waals surface area contributed by atoms with Crippen LogP contribution >= 0.6 is 0 Å². The van der Waals surface area contributed by atoms with Gasteiger partial charge < -0.3 is 15.2 Å². The molecule has 2 N–H and O–H groups in total. The van der Waals surface area contributed by atoms with E-state index in [0.29, 0.717) is 25.4 Å². The predicted octanol–water partition coefficient (Wildman–Crippen LogP) is 1.61. The summed E-state index contributed by atoms with van der Waals surface area (Å²) in [6.07, 6.45) is 3.44. The lowest BCUT2D eigenvalue weighted by molar-refractivity contribution is -0.130. The van der Waals surface area contributed by atoms with Crippen molar-refractivity contribution in [3.8, 4) is 6.07 Å². The van der Waals surface area contributed by atoms with Crippen molar-refractivity contribution in [1.29, 1.82) is 5.26 Å². The van der Waals surface area contributed by atoms with Crippen LogP contribution in [0.25, 0.3) is 0 Å². The van der Waals surface area contributed by atoms with Gasteiger partial charge in [0, 0.05) is 13.2 Å². The number of carbonyl (C=O) groups excluding carboxylic acids is 1. The van der Waals surface area contributed by atoms with Crippen LogP contribution in [0, 0.1) is 22.7 Å². The predicted molar refractivity (Wildman–Crippen MR) is 75.8 cm³/mol. The molecule has 0 aromatic carbocycles. The minimum absolute atomic E-state index is 0.139. The molecule has 1 fully saturated rings. The quantitative estimate of drug-likeness (QED) is 0.743. The van der Waals surface area contributed by atoms with Gasteiger partial charge in [-0.1, -0.05) is 33.1 Å². The lowest BCUT2D eigenvalue weighted by Crippen LogP contribution is -2.44. The van der Waals surface area contributed by atoms with E-state index < -0.39 is 11.5 Å². The minimum atomic E-state index is -0.892. The van der Waals surface area contributed by atoms with E-state index in [2.05, 4.69) is 11.4 Å². The molecule has 0 spiro atoms. The maximum Gasteiger partial charge on any atom is 0.240 e. The topological polar surface area (TPSA) is 82.3 Å².